The largest absolute Gasteiger partial charge is 0.424 e. The number of nitrogens with zero attached hydrogens (tertiary/aromatic N) is 3. The van der Waals surface area contributed by atoms with Gasteiger partial charge in [-0.25, -0.2) is 4.98 Å². The van der Waals surface area contributed by atoms with Gasteiger partial charge in [0.2, 0.25) is 0 Å². The number of ether oxygens (including phenoxy) is 1. The van der Waals surface area contributed by atoms with Crippen LogP contribution in [0.25, 0.3) is 0 Å². The molecular formula is C16H11N3O2. The molecule has 0 aliphatic carbocycles. The van der Waals surface area contributed by atoms with E-state index in [1.807, 2.05) is 18.2 Å². The summed E-state index contributed by atoms with van der Waals surface area (Å²) in [7, 11) is 0. The summed E-state index contributed by atoms with van der Waals surface area (Å²) in [6.07, 6.45) is 2.71. The fraction of sp³-hybridized carbons (Fsp3) is 0. The monoisotopic (exact) mass is 277 g/mol. The fourth-order valence-corrected chi connectivity index (χ4v) is 1.82. The molecule has 0 spiro atoms. The van der Waals surface area contributed by atoms with Gasteiger partial charge in [0.25, 0.3) is 0 Å². The molecule has 0 bridgehead atoms. The third kappa shape index (κ3) is 3.09. The van der Waals surface area contributed by atoms with Crippen LogP contribution in [0.4, 0.5) is 0 Å². The van der Waals surface area contributed by atoms with Crippen molar-refractivity contribution >= 4 is 5.78 Å². The molecule has 0 unspecified atom stereocenters. The topological polar surface area (TPSA) is 65.0 Å². The van der Waals surface area contributed by atoms with Gasteiger partial charge in [-0.15, -0.1) is 0 Å². The van der Waals surface area contributed by atoms with Gasteiger partial charge in [0, 0.05) is 11.1 Å². The molecule has 1 heterocycles. The van der Waals surface area contributed by atoms with Crippen molar-refractivity contribution in [1.29, 1.82) is 0 Å². The highest BCUT2D eigenvalue weighted by atomic mass is 16.5. The standard InChI is InChI=1S/C16H11N3O2/c20-15(12-4-2-1-3-5-12)13-6-8-14(9-7-13)21-16-18-10-17-11-19-16/h1-11H. The minimum absolute atomic E-state index is 0.0256. The van der Waals surface area contributed by atoms with Gasteiger partial charge in [0.1, 0.15) is 18.4 Å². The van der Waals surface area contributed by atoms with E-state index in [0.29, 0.717) is 16.9 Å². The van der Waals surface area contributed by atoms with Crippen molar-refractivity contribution in [2.75, 3.05) is 0 Å². The van der Waals surface area contributed by atoms with Gasteiger partial charge in [0.05, 0.1) is 0 Å². The lowest BCUT2D eigenvalue weighted by Crippen LogP contribution is -2.00. The zero-order valence-corrected chi connectivity index (χ0v) is 11.0. The summed E-state index contributed by atoms with van der Waals surface area (Å²) >= 11 is 0. The molecule has 102 valence electrons. The molecule has 2 aromatic carbocycles. The number of benzene rings is 2. The van der Waals surface area contributed by atoms with E-state index in [1.165, 1.54) is 12.7 Å². The molecule has 3 rings (SSSR count). The Balaban J connectivity index is 1.77. The Morgan fingerprint density at radius 3 is 2.10 bits per heavy atom. The second kappa shape index (κ2) is 5.92. The summed E-state index contributed by atoms with van der Waals surface area (Å²) in [6.45, 7) is 0. The predicted octanol–water partition coefficient (Wildman–Crippen LogP) is 2.89. The molecule has 0 N–H and O–H groups in total. The van der Waals surface area contributed by atoms with E-state index in [1.54, 1.807) is 36.4 Å². The van der Waals surface area contributed by atoms with E-state index in [-0.39, 0.29) is 11.8 Å². The van der Waals surface area contributed by atoms with Crippen molar-refractivity contribution in [1.82, 2.24) is 15.0 Å². The molecule has 0 atom stereocenters. The summed E-state index contributed by atoms with van der Waals surface area (Å²) < 4.78 is 5.45. The van der Waals surface area contributed by atoms with Crippen LogP contribution in [0, 0.1) is 0 Å². The second-order valence-corrected chi connectivity index (χ2v) is 4.24. The van der Waals surface area contributed by atoms with Crippen molar-refractivity contribution in [3.05, 3.63) is 78.4 Å². The van der Waals surface area contributed by atoms with Gasteiger partial charge in [-0.3, -0.25) is 4.79 Å². The van der Waals surface area contributed by atoms with Crippen LogP contribution >= 0.6 is 0 Å². The van der Waals surface area contributed by atoms with Gasteiger partial charge >= 0.3 is 6.01 Å². The number of ketones is 1. The Kier molecular flexibility index (Phi) is 3.64. The highest BCUT2D eigenvalue weighted by Crippen LogP contribution is 2.19. The number of carbonyl (C=O) groups is 1. The molecule has 5 heteroatoms. The van der Waals surface area contributed by atoms with Gasteiger partial charge in [-0.2, -0.15) is 9.97 Å². The summed E-state index contributed by atoms with van der Waals surface area (Å²) in [5, 5.41) is 0. The highest BCUT2D eigenvalue weighted by molar-refractivity contribution is 6.08. The van der Waals surface area contributed by atoms with Gasteiger partial charge in [0.15, 0.2) is 5.78 Å². The number of aromatic nitrogens is 3. The van der Waals surface area contributed by atoms with E-state index in [2.05, 4.69) is 15.0 Å². The molecule has 0 aliphatic rings. The van der Waals surface area contributed by atoms with E-state index in [0.717, 1.165) is 0 Å². The Labute approximate surface area is 121 Å². The number of hydrogen-bond acceptors (Lipinski definition) is 5. The van der Waals surface area contributed by atoms with Crippen LogP contribution in [-0.2, 0) is 0 Å². The summed E-state index contributed by atoms with van der Waals surface area (Å²) in [4.78, 5) is 23.7. The lowest BCUT2D eigenvalue weighted by atomic mass is 10.0. The van der Waals surface area contributed by atoms with Gasteiger partial charge in [-0.05, 0) is 24.3 Å². The van der Waals surface area contributed by atoms with Crippen LogP contribution in [0.5, 0.6) is 11.8 Å². The van der Waals surface area contributed by atoms with Crippen molar-refractivity contribution in [2.45, 2.75) is 0 Å². The molecule has 0 aliphatic heterocycles. The molecule has 0 saturated carbocycles. The van der Waals surface area contributed by atoms with E-state index < -0.39 is 0 Å². The first-order chi connectivity index (χ1) is 10.3. The smallest absolute Gasteiger partial charge is 0.324 e. The zero-order valence-electron chi connectivity index (χ0n) is 11.0. The Morgan fingerprint density at radius 1 is 0.810 bits per heavy atom. The molecule has 0 amide bonds. The third-order valence-electron chi connectivity index (χ3n) is 2.83. The van der Waals surface area contributed by atoms with Crippen LogP contribution in [0.2, 0.25) is 0 Å². The first-order valence-electron chi connectivity index (χ1n) is 6.32. The zero-order chi connectivity index (χ0) is 14.5. The normalized spacial score (nSPS) is 10.1. The fourth-order valence-electron chi connectivity index (χ4n) is 1.82. The average molecular weight is 277 g/mol. The maximum absolute atomic E-state index is 12.2. The van der Waals surface area contributed by atoms with E-state index >= 15 is 0 Å². The molecule has 1 aromatic heterocycles. The maximum atomic E-state index is 12.2. The van der Waals surface area contributed by atoms with E-state index in [4.69, 9.17) is 4.74 Å². The average Bonchev–Trinajstić information content (AvgIpc) is 2.57. The van der Waals surface area contributed by atoms with Crippen LogP contribution in [-0.4, -0.2) is 20.7 Å². The minimum Gasteiger partial charge on any atom is -0.424 e. The maximum Gasteiger partial charge on any atom is 0.324 e. The molecule has 21 heavy (non-hydrogen) atoms. The molecule has 0 radical (unpaired) electrons. The second-order valence-electron chi connectivity index (χ2n) is 4.24. The first kappa shape index (κ1) is 12.9. The number of rotatable bonds is 4. The quantitative estimate of drug-likeness (QED) is 0.686. The van der Waals surface area contributed by atoms with Gasteiger partial charge < -0.3 is 4.74 Å². The van der Waals surface area contributed by atoms with Crippen molar-refractivity contribution in [3.8, 4) is 11.8 Å². The molecule has 3 aromatic rings. The van der Waals surface area contributed by atoms with Crippen LogP contribution in [0.3, 0.4) is 0 Å². The SMILES string of the molecule is O=C(c1ccccc1)c1ccc(Oc2ncncn2)cc1. The molecular weight excluding hydrogens is 266 g/mol. The summed E-state index contributed by atoms with van der Waals surface area (Å²) in [6, 6.07) is 16.2. The number of hydrogen-bond donors (Lipinski definition) is 0. The Morgan fingerprint density at radius 2 is 1.43 bits per heavy atom. The molecule has 0 saturated heterocycles. The van der Waals surface area contributed by atoms with Crippen LogP contribution < -0.4 is 4.74 Å². The van der Waals surface area contributed by atoms with Crippen molar-refractivity contribution in [3.63, 3.8) is 0 Å². The molecule has 0 fully saturated rings. The van der Waals surface area contributed by atoms with E-state index in [9.17, 15) is 4.79 Å². The number of carbonyl (C=O) groups excluding carboxylic acids is 1. The molecule has 5 nitrogen and oxygen atoms in total. The first-order valence-corrected chi connectivity index (χ1v) is 6.32. The van der Waals surface area contributed by atoms with Crippen LogP contribution in [0.15, 0.2) is 67.3 Å². The van der Waals surface area contributed by atoms with Crippen molar-refractivity contribution in [2.24, 2.45) is 0 Å². The highest BCUT2D eigenvalue weighted by Gasteiger charge is 2.08. The summed E-state index contributed by atoms with van der Waals surface area (Å²) in [5.74, 6) is 0.535. The van der Waals surface area contributed by atoms with Crippen molar-refractivity contribution < 1.29 is 9.53 Å². The lowest BCUT2D eigenvalue weighted by molar-refractivity contribution is 0.103. The Bertz CT molecular complexity index is 728. The Hall–Kier alpha value is -3.08. The predicted molar refractivity (Wildman–Crippen MR) is 76.2 cm³/mol. The van der Waals surface area contributed by atoms with Gasteiger partial charge in [-0.1, -0.05) is 30.3 Å². The lowest BCUT2D eigenvalue weighted by Gasteiger charge is -2.04. The minimum atomic E-state index is -0.0256. The van der Waals surface area contributed by atoms with Crippen LogP contribution in [0.1, 0.15) is 15.9 Å². The third-order valence-corrected chi connectivity index (χ3v) is 2.83. The summed E-state index contributed by atoms with van der Waals surface area (Å²) in [5.41, 5.74) is 1.26.